The number of aromatic nitrogens is 1. The van der Waals surface area contributed by atoms with Gasteiger partial charge in [0.15, 0.2) is 5.84 Å². The Kier molecular flexibility index (Phi) is 3.79. The third kappa shape index (κ3) is 3.38. The van der Waals surface area contributed by atoms with Crippen molar-refractivity contribution in [2.45, 2.75) is 13.8 Å². The molecule has 1 aromatic heterocycles. The maximum atomic E-state index is 11.0. The highest BCUT2D eigenvalue weighted by molar-refractivity contribution is 6.01. The lowest BCUT2D eigenvalue weighted by Crippen LogP contribution is -2.17. The molecular weight excluding hydrogens is 194 g/mol. The zero-order valence-electron chi connectivity index (χ0n) is 8.73. The number of carbonyl (C=O) groups excluding carboxylic acids is 1. The minimum Gasteiger partial charge on any atom is -0.448 e. The lowest BCUT2D eigenvalue weighted by molar-refractivity contribution is 0.163. The highest BCUT2D eigenvalue weighted by Crippen LogP contribution is 1.98. The predicted octanol–water partition coefficient (Wildman–Crippen LogP) is 1.25. The standard InChI is InChI=1S/C10H13N3O2/c1-3-15-10(14)13-9(11)8-5-4-7(2)6-12-8/h4-6H,3H2,1-2H3,(H2,11,13,14). The average molecular weight is 207 g/mol. The molecule has 1 rings (SSSR count). The van der Waals surface area contributed by atoms with Gasteiger partial charge in [-0.3, -0.25) is 4.98 Å². The monoisotopic (exact) mass is 207 g/mol. The third-order valence-corrected chi connectivity index (χ3v) is 1.65. The van der Waals surface area contributed by atoms with E-state index in [0.29, 0.717) is 5.69 Å². The van der Waals surface area contributed by atoms with E-state index in [0.717, 1.165) is 5.56 Å². The number of nitrogens with two attached hydrogens (primary N) is 1. The van der Waals surface area contributed by atoms with E-state index >= 15 is 0 Å². The quantitative estimate of drug-likeness (QED) is 0.584. The minimum absolute atomic E-state index is 0.0634. The summed E-state index contributed by atoms with van der Waals surface area (Å²) >= 11 is 0. The molecule has 5 heteroatoms. The van der Waals surface area contributed by atoms with Gasteiger partial charge in [0.05, 0.1) is 6.61 Å². The van der Waals surface area contributed by atoms with E-state index in [1.165, 1.54) is 0 Å². The summed E-state index contributed by atoms with van der Waals surface area (Å²) in [5, 5.41) is 0. The Balaban J connectivity index is 2.79. The number of hydrogen-bond donors (Lipinski definition) is 1. The number of amides is 1. The summed E-state index contributed by atoms with van der Waals surface area (Å²) in [6.07, 6.45) is 0.959. The molecule has 1 aromatic rings. The molecule has 1 heterocycles. The van der Waals surface area contributed by atoms with Crippen LogP contribution < -0.4 is 5.73 Å². The fraction of sp³-hybridized carbons (Fsp3) is 0.300. The first-order valence-corrected chi connectivity index (χ1v) is 4.57. The van der Waals surface area contributed by atoms with E-state index in [-0.39, 0.29) is 12.4 Å². The largest absolute Gasteiger partial charge is 0.448 e. The summed E-state index contributed by atoms with van der Waals surface area (Å²) in [5.41, 5.74) is 7.05. The fourth-order valence-electron chi connectivity index (χ4n) is 0.931. The number of rotatable bonds is 2. The Bertz CT molecular complexity index is 371. The number of ether oxygens (including phenoxy) is 1. The summed E-state index contributed by atoms with van der Waals surface area (Å²) in [7, 11) is 0. The van der Waals surface area contributed by atoms with Gasteiger partial charge in [-0.1, -0.05) is 6.07 Å². The number of aliphatic imine (C=N–C) groups is 1. The van der Waals surface area contributed by atoms with Crippen LogP contribution in [0.5, 0.6) is 0 Å². The molecule has 0 saturated carbocycles. The summed E-state index contributed by atoms with van der Waals surface area (Å²) in [5.74, 6) is 0.0634. The Morgan fingerprint density at radius 3 is 2.87 bits per heavy atom. The van der Waals surface area contributed by atoms with Gasteiger partial charge < -0.3 is 10.5 Å². The Hall–Kier alpha value is -1.91. The molecule has 80 valence electrons. The van der Waals surface area contributed by atoms with Gasteiger partial charge in [-0.15, -0.1) is 0 Å². The van der Waals surface area contributed by atoms with Gasteiger partial charge in [-0.05, 0) is 25.5 Å². The molecule has 0 atom stereocenters. The number of hydrogen-bond acceptors (Lipinski definition) is 3. The van der Waals surface area contributed by atoms with Crippen molar-refractivity contribution >= 4 is 11.9 Å². The van der Waals surface area contributed by atoms with Gasteiger partial charge in [-0.25, -0.2) is 4.79 Å². The lowest BCUT2D eigenvalue weighted by Gasteiger charge is -2.00. The van der Waals surface area contributed by atoms with Crippen LogP contribution in [0, 0.1) is 6.92 Å². The number of amidine groups is 1. The zero-order valence-corrected chi connectivity index (χ0v) is 8.73. The summed E-state index contributed by atoms with van der Waals surface area (Å²) < 4.78 is 4.62. The third-order valence-electron chi connectivity index (χ3n) is 1.65. The molecule has 0 aliphatic rings. The Labute approximate surface area is 88.0 Å². The van der Waals surface area contributed by atoms with E-state index < -0.39 is 6.09 Å². The molecule has 0 aliphatic heterocycles. The van der Waals surface area contributed by atoms with Crippen molar-refractivity contribution in [1.29, 1.82) is 0 Å². The molecule has 0 bridgehead atoms. The van der Waals surface area contributed by atoms with Crippen molar-refractivity contribution in [3.63, 3.8) is 0 Å². The summed E-state index contributed by atoms with van der Waals surface area (Å²) in [4.78, 5) is 18.5. The normalized spacial score (nSPS) is 11.2. The van der Waals surface area contributed by atoms with Crippen LogP contribution in [0.15, 0.2) is 23.3 Å². The van der Waals surface area contributed by atoms with E-state index in [1.54, 1.807) is 19.2 Å². The number of pyridine rings is 1. The van der Waals surface area contributed by atoms with Crippen molar-refractivity contribution in [2.24, 2.45) is 10.7 Å². The molecule has 2 N–H and O–H groups in total. The van der Waals surface area contributed by atoms with Crippen LogP contribution in [0.25, 0.3) is 0 Å². The molecule has 0 spiro atoms. The minimum atomic E-state index is -0.697. The van der Waals surface area contributed by atoms with Crippen LogP contribution in [0.1, 0.15) is 18.2 Å². The lowest BCUT2D eigenvalue weighted by atomic mass is 10.2. The molecule has 0 aliphatic carbocycles. The second-order valence-electron chi connectivity index (χ2n) is 2.92. The maximum absolute atomic E-state index is 11.0. The summed E-state index contributed by atoms with van der Waals surface area (Å²) in [6, 6.07) is 3.54. The SMILES string of the molecule is CCOC(=O)/N=C(\N)c1ccc(C)cn1. The van der Waals surface area contributed by atoms with Crippen molar-refractivity contribution in [3.8, 4) is 0 Å². The first-order valence-electron chi connectivity index (χ1n) is 4.57. The van der Waals surface area contributed by atoms with Crippen LogP contribution in [-0.2, 0) is 4.74 Å². The fourth-order valence-corrected chi connectivity index (χ4v) is 0.931. The second-order valence-corrected chi connectivity index (χ2v) is 2.92. The topological polar surface area (TPSA) is 77.6 Å². The van der Waals surface area contributed by atoms with E-state index in [9.17, 15) is 4.79 Å². The van der Waals surface area contributed by atoms with Crippen molar-refractivity contribution in [3.05, 3.63) is 29.6 Å². The van der Waals surface area contributed by atoms with Crippen LogP contribution in [0.2, 0.25) is 0 Å². The average Bonchev–Trinajstić information content (AvgIpc) is 2.18. The van der Waals surface area contributed by atoms with Gasteiger partial charge in [0.1, 0.15) is 5.69 Å². The van der Waals surface area contributed by atoms with Crippen LogP contribution in [0.3, 0.4) is 0 Å². The molecule has 0 unspecified atom stereocenters. The van der Waals surface area contributed by atoms with Crippen molar-refractivity contribution in [1.82, 2.24) is 4.98 Å². The Morgan fingerprint density at radius 2 is 2.33 bits per heavy atom. The molecular formula is C10H13N3O2. The van der Waals surface area contributed by atoms with Crippen LogP contribution in [0.4, 0.5) is 4.79 Å². The smallest absolute Gasteiger partial charge is 0.435 e. The van der Waals surface area contributed by atoms with Crippen LogP contribution in [-0.4, -0.2) is 23.5 Å². The predicted molar refractivity (Wildman–Crippen MR) is 56.7 cm³/mol. The van der Waals surface area contributed by atoms with Gasteiger partial charge in [0.2, 0.25) is 0 Å². The van der Waals surface area contributed by atoms with Crippen molar-refractivity contribution in [2.75, 3.05) is 6.61 Å². The molecule has 5 nitrogen and oxygen atoms in total. The van der Waals surface area contributed by atoms with Gasteiger partial charge in [-0.2, -0.15) is 4.99 Å². The molecule has 0 saturated heterocycles. The first-order chi connectivity index (χ1) is 7.13. The van der Waals surface area contributed by atoms with E-state index in [2.05, 4.69) is 14.7 Å². The maximum Gasteiger partial charge on any atom is 0.435 e. The van der Waals surface area contributed by atoms with Gasteiger partial charge in [0, 0.05) is 6.20 Å². The van der Waals surface area contributed by atoms with Crippen LogP contribution >= 0.6 is 0 Å². The molecule has 15 heavy (non-hydrogen) atoms. The van der Waals surface area contributed by atoms with Crippen molar-refractivity contribution < 1.29 is 9.53 Å². The molecule has 1 amide bonds. The van der Waals surface area contributed by atoms with Gasteiger partial charge >= 0.3 is 6.09 Å². The number of aryl methyl sites for hydroxylation is 1. The highest BCUT2D eigenvalue weighted by Gasteiger charge is 2.03. The summed E-state index contributed by atoms with van der Waals surface area (Å²) in [6.45, 7) is 3.89. The first kappa shape index (κ1) is 11.2. The molecule has 0 fully saturated rings. The second kappa shape index (κ2) is 5.09. The van der Waals surface area contributed by atoms with E-state index in [1.807, 2.05) is 13.0 Å². The van der Waals surface area contributed by atoms with Gasteiger partial charge in [0.25, 0.3) is 0 Å². The highest BCUT2D eigenvalue weighted by atomic mass is 16.5. The zero-order chi connectivity index (χ0) is 11.3. The molecule has 0 aromatic carbocycles. The number of carbonyl (C=O) groups is 1. The number of nitrogens with zero attached hydrogens (tertiary/aromatic N) is 2. The van der Waals surface area contributed by atoms with E-state index in [4.69, 9.17) is 5.73 Å². The Morgan fingerprint density at radius 1 is 1.60 bits per heavy atom. The molecule has 0 radical (unpaired) electrons.